The van der Waals surface area contributed by atoms with E-state index >= 15 is 0 Å². The molecule has 9 heteroatoms. The summed E-state index contributed by atoms with van der Waals surface area (Å²) < 4.78 is 5.37. The van der Waals surface area contributed by atoms with Crippen LogP contribution >= 0.6 is 0 Å². The highest BCUT2D eigenvalue weighted by Crippen LogP contribution is 2.37. The SMILES string of the molecule is CCCCCNC(=O)C(c1cccc(C)c1C)N(C(=O)C(CCC(N)=O)NC(=O)OC(C)(C)C)C1CC1. The first-order chi connectivity index (χ1) is 17.4. The number of nitrogens with zero attached hydrogens (tertiary/aromatic N) is 1. The Morgan fingerprint density at radius 1 is 1.14 bits per heavy atom. The van der Waals surface area contributed by atoms with Gasteiger partial charge in [-0.25, -0.2) is 4.79 Å². The normalized spacial score (nSPS) is 14.9. The fourth-order valence-corrected chi connectivity index (χ4v) is 4.22. The number of ether oxygens (including phenoxy) is 1. The van der Waals surface area contributed by atoms with Gasteiger partial charge in [0.1, 0.15) is 17.7 Å². The molecule has 2 rings (SSSR count). The van der Waals surface area contributed by atoms with Crippen LogP contribution in [0.25, 0.3) is 0 Å². The number of amides is 4. The third-order valence-electron chi connectivity index (χ3n) is 6.41. The quantitative estimate of drug-likeness (QED) is 0.343. The Morgan fingerprint density at radius 3 is 2.38 bits per heavy atom. The van der Waals surface area contributed by atoms with Gasteiger partial charge in [-0.3, -0.25) is 14.4 Å². The lowest BCUT2D eigenvalue weighted by Gasteiger charge is -2.35. The third kappa shape index (κ3) is 9.37. The highest BCUT2D eigenvalue weighted by molar-refractivity contribution is 5.93. The van der Waals surface area contributed by atoms with E-state index in [2.05, 4.69) is 17.6 Å². The molecular formula is C28H44N4O5. The molecule has 4 N–H and O–H groups in total. The Kier molecular flexibility index (Phi) is 10.9. The number of unbranched alkanes of at least 4 members (excludes halogenated alkanes) is 2. The largest absolute Gasteiger partial charge is 0.444 e. The number of nitrogens with one attached hydrogen (secondary N) is 2. The number of rotatable bonds is 13. The first-order valence-corrected chi connectivity index (χ1v) is 13.3. The van der Waals surface area contributed by atoms with Crippen molar-refractivity contribution in [3.8, 4) is 0 Å². The standard InChI is InChI=1S/C28H44N4O5/c1-7-8-9-17-30-25(34)24(21-12-10-11-18(2)19(21)3)32(20-13-14-20)26(35)22(15-16-23(29)33)31-27(36)37-28(4,5)6/h10-12,20,22,24H,7-9,13-17H2,1-6H3,(H2,29,33)(H,30,34)(H,31,36). The average Bonchev–Trinajstić information content (AvgIpc) is 3.63. The minimum absolute atomic E-state index is 0.00820. The van der Waals surface area contributed by atoms with Gasteiger partial charge >= 0.3 is 6.09 Å². The lowest BCUT2D eigenvalue weighted by Crippen LogP contribution is -2.54. The van der Waals surface area contributed by atoms with E-state index in [4.69, 9.17) is 10.5 Å². The number of alkyl carbamates (subject to hydrolysis) is 1. The number of aryl methyl sites for hydroxylation is 1. The highest BCUT2D eigenvalue weighted by Gasteiger charge is 2.44. The van der Waals surface area contributed by atoms with Crippen molar-refractivity contribution in [1.82, 2.24) is 15.5 Å². The molecule has 0 aliphatic heterocycles. The van der Waals surface area contributed by atoms with Crippen molar-refractivity contribution in [2.45, 2.75) is 110 Å². The molecule has 1 aliphatic rings. The second-order valence-corrected chi connectivity index (χ2v) is 10.9. The number of benzene rings is 1. The van der Waals surface area contributed by atoms with E-state index in [1.165, 1.54) is 0 Å². The van der Waals surface area contributed by atoms with Crippen molar-refractivity contribution < 1.29 is 23.9 Å². The molecule has 1 aromatic carbocycles. The molecule has 0 spiro atoms. The molecule has 1 fully saturated rings. The van der Waals surface area contributed by atoms with E-state index in [1.54, 1.807) is 25.7 Å². The summed E-state index contributed by atoms with van der Waals surface area (Å²) in [5.74, 6) is -1.26. The average molecular weight is 517 g/mol. The Balaban J connectivity index is 2.45. The van der Waals surface area contributed by atoms with Crippen LogP contribution in [0.2, 0.25) is 0 Å². The van der Waals surface area contributed by atoms with Crippen LogP contribution in [0.15, 0.2) is 18.2 Å². The summed E-state index contributed by atoms with van der Waals surface area (Å²) in [5, 5.41) is 5.65. The molecule has 1 saturated carbocycles. The van der Waals surface area contributed by atoms with Crippen LogP contribution in [0, 0.1) is 13.8 Å². The topological polar surface area (TPSA) is 131 Å². The molecule has 1 aromatic rings. The van der Waals surface area contributed by atoms with Gasteiger partial charge in [0, 0.05) is 19.0 Å². The molecule has 0 bridgehead atoms. The summed E-state index contributed by atoms with van der Waals surface area (Å²) in [5.41, 5.74) is 7.30. The minimum Gasteiger partial charge on any atom is -0.444 e. The van der Waals surface area contributed by atoms with Crippen LogP contribution in [-0.4, -0.2) is 52.9 Å². The Hall–Kier alpha value is -3.10. The number of carbonyl (C=O) groups excluding carboxylic acids is 4. The van der Waals surface area contributed by atoms with Crippen LogP contribution in [0.5, 0.6) is 0 Å². The van der Waals surface area contributed by atoms with Crippen LogP contribution < -0.4 is 16.4 Å². The molecule has 0 aromatic heterocycles. The molecule has 1 aliphatic carbocycles. The van der Waals surface area contributed by atoms with Gasteiger partial charge in [0.15, 0.2) is 0 Å². The van der Waals surface area contributed by atoms with Gasteiger partial charge in [0.2, 0.25) is 17.7 Å². The highest BCUT2D eigenvalue weighted by atomic mass is 16.6. The smallest absolute Gasteiger partial charge is 0.408 e. The summed E-state index contributed by atoms with van der Waals surface area (Å²) in [6.45, 7) is 11.7. The van der Waals surface area contributed by atoms with E-state index in [-0.39, 0.29) is 24.8 Å². The second-order valence-electron chi connectivity index (χ2n) is 10.9. The predicted molar refractivity (Wildman–Crippen MR) is 143 cm³/mol. The molecule has 0 saturated heterocycles. The zero-order valence-corrected chi connectivity index (χ0v) is 23.2. The summed E-state index contributed by atoms with van der Waals surface area (Å²) in [4.78, 5) is 53.5. The van der Waals surface area contributed by atoms with E-state index in [9.17, 15) is 19.2 Å². The second kappa shape index (κ2) is 13.4. The Bertz CT molecular complexity index is 968. The summed E-state index contributed by atoms with van der Waals surface area (Å²) in [7, 11) is 0. The molecule has 9 nitrogen and oxygen atoms in total. The molecule has 37 heavy (non-hydrogen) atoms. The Morgan fingerprint density at radius 2 is 1.81 bits per heavy atom. The van der Waals surface area contributed by atoms with Crippen molar-refractivity contribution in [2.24, 2.45) is 5.73 Å². The van der Waals surface area contributed by atoms with Crippen molar-refractivity contribution >= 4 is 23.8 Å². The lowest BCUT2D eigenvalue weighted by molar-refractivity contribution is -0.143. The van der Waals surface area contributed by atoms with E-state index < -0.39 is 35.6 Å². The van der Waals surface area contributed by atoms with Gasteiger partial charge in [-0.05, 0) is 77.0 Å². The number of carbonyl (C=O) groups is 4. The number of primary amides is 1. The van der Waals surface area contributed by atoms with E-state index in [0.717, 1.165) is 48.8 Å². The van der Waals surface area contributed by atoms with Gasteiger partial charge in [-0.2, -0.15) is 0 Å². The summed E-state index contributed by atoms with van der Waals surface area (Å²) >= 11 is 0. The van der Waals surface area contributed by atoms with Gasteiger partial charge in [-0.15, -0.1) is 0 Å². The van der Waals surface area contributed by atoms with Gasteiger partial charge in [0.05, 0.1) is 0 Å². The predicted octanol–water partition coefficient (Wildman–Crippen LogP) is 3.80. The molecule has 0 radical (unpaired) electrons. The number of nitrogens with two attached hydrogens (primary N) is 1. The third-order valence-corrected chi connectivity index (χ3v) is 6.41. The van der Waals surface area contributed by atoms with Crippen molar-refractivity contribution in [2.75, 3.05) is 6.54 Å². The van der Waals surface area contributed by atoms with Gasteiger partial charge in [-0.1, -0.05) is 38.0 Å². The number of hydrogen-bond acceptors (Lipinski definition) is 5. The summed E-state index contributed by atoms with van der Waals surface area (Å²) in [6.07, 6.45) is 3.53. The first-order valence-electron chi connectivity index (χ1n) is 13.3. The molecule has 206 valence electrons. The molecular weight excluding hydrogens is 472 g/mol. The fraction of sp³-hybridized carbons (Fsp3) is 0.643. The molecule has 4 amide bonds. The van der Waals surface area contributed by atoms with Crippen LogP contribution in [0.1, 0.15) is 95.4 Å². The fourth-order valence-electron chi connectivity index (χ4n) is 4.22. The van der Waals surface area contributed by atoms with Crippen molar-refractivity contribution in [3.05, 3.63) is 34.9 Å². The zero-order chi connectivity index (χ0) is 27.8. The maximum Gasteiger partial charge on any atom is 0.408 e. The first kappa shape index (κ1) is 30.1. The molecule has 2 unspecified atom stereocenters. The maximum atomic E-state index is 14.1. The van der Waals surface area contributed by atoms with E-state index in [1.807, 2.05) is 32.0 Å². The van der Waals surface area contributed by atoms with E-state index in [0.29, 0.717) is 6.54 Å². The van der Waals surface area contributed by atoms with Gasteiger partial charge < -0.3 is 26.0 Å². The Labute approximate surface area is 220 Å². The van der Waals surface area contributed by atoms with Gasteiger partial charge in [0.25, 0.3) is 0 Å². The van der Waals surface area contributed by atoms with Crippen LogP contribution in [0.4, 0.5) is 4.79 Å². The zero-order valence-electron chi connectivity index (χ0n) is 23.2. The monoisotopic (exact) mass is 516 g/mol. The number of hydrogen-bond donors (Lipinski definition) is 3. The van der Waals surface area contributed by atoms with Crippen molar-refractivity contribution in [3.63, 3.8) is 0 Å². The van der Waals surface area contributed by atoms with Crippen LogP contribution in [-0.2, 0) is 19.1 Å². The van der Waals surface area contributed by atoms with Crippen LogP contribution in [0.3, 0.4) is 0 Å². The molecule has 0 heterocycles. The molecule has 2 atom stereocenters. The summed E-state index contributed by atoms with van der Waals surface area (Å²) in [6, 6.07) is 3.66. The maximum absolute atomic E-state index is 14.1. The lowest BCUT2D eigenvalue weighted by atomic mass is 9.94. The van der Waals surface area contributed by atoms with Crippen molar-refractivity contribution in [1.29, 1.82) is 0 Å². The minimum atomic E-state index is -1.07.